The van der Waals surface area contributed by atoms with Crippen LogP contribution in [0.25, 0.3) is 0 Å². The van der Waals surface area contributed by atoms with Gasteiger partial charge in [-0.25, -0.2) is 0 Å². The van der Waals surface area contributed by atoms with Gasteiger partial charge in [0.05, 0.1) is 12.0 Å². The highest BCUT2D eigenvalue weighted by Crippen LogP contribution is 2.43. The van der Waals surface area contributed by atoms with Gasteiger partial charge in [-0.15, -0.1) is 11.8 Å². The molecule has 3 aromatic carbocycles. The summed E-state index contributed by atoms with van der Waals surface area (Å²) in [6.45, 7) is 2.63. The average molecular weight is 386 g/mol. The predicted molar refractivity (Wildman–Crippen MR) is 118 cm³/mol. The predicted octanol–water partition coefficient (Wildman–Crippen LogP) is 5.84. The van der Waals surface area contributed by atoms with E-state index in [0.29, 0.717) is 6.54 Å². The first-order valence-corrected chi connectivity index (χ1v) is 10.5. The van der Waals surface area contributed by atoms with Crippen molar-refractivity contribution in [3.8, 4) is 0 Å². The fraction of sp³-hybridized carbons (Fsp3) is 0.160. The zero-order chi connectivity index (χ0) is 19.4. The van der Waals surface area contributed by atoms with Crippen LogP contribution in [0.3, 0.4) is 0 Å². The number of nitrogens with zero attached hydrogens (tertiary/aromatic N) is 1. The van der Waals surface area contributed by atoms with E-state index in [1.807, 2.05) is 66.4 Å². The normalized spacial score (nSPS) is 18.6. The third-order valence-electron chi connectivity index (χ3n) is 5.17. The van der Waals surface area contributed by atoms with E-state index in [0.717, 1.165) is 22.6 Å². The van der Waals surface area contributed by atoms with Crippen molar-refractivity contribution in [2.45, 2.75) is 23.8 Å². The quantitative estimate of drug-likeness (QED) is 0.392. The number of amides is 1. The Bertz CT molecular complexity index is 984. The lowest BCUT2D eigenvalue weighted by molar-refractivity contribution is -0.121. The highest BCUT2D eigenvalue weighted by atomic mass is 32.2. The fourth-order valence-corrected chi connectivity index (χ4v) is 4.42. The van der Waals surface area contributed by atoms with E-state index >= 15 is 0 Å². The van der Waals surface area contributed by atoms with Crippen LogP contribution in [0.2, 0.25) is 0 Å². The van der Waals surface area contributed by atoms with Crippen LogP contribution in [0.5, 0.6) is 0 Å². The molecule has 1 unspecified atom stereocenters. The average Bonchev–Trinajstić information content (AvgIpc) is 2.95. The summed E-state index contributed by atoms with van der Waals surface area (Å²) in [6, 6.07) is 28.7. The van der Waals surface area contributed by atoms with E-state index in [9.17, 15) is 4.79 Å². The molecule has 0 spiro atoms. The molecular formula is C25H23NOS. The van der Waals surface area contributed by atoms with Gasteiger partial charge in [0.1, 0.15) is 0 Å². The van der Waals surface area contributed by atoms with Gasteiger partial charge in [0.15, 0.2) is 0 Å². The molecule has 0 N–H and O–H groups in total. The van der Waals surface area contributed by atoms with Crippen LogP contribution < -0.4 is 4.90 Å². The molecule has 0 saturated carbocycles. The standard InChI is InChI=1S/C25H23NOS/c1-25(17-10-18-28-21-13-6-3-7-14-21)22-15-8-9-16-23(22)26(24(25)27)19-20-11-4-2-5-12-20/h2-17H,18-19H2,1H3/b17-10+. The van der Waals surface area contributed by atoms with Crippen molar-refractivity contribution in [2.75, 3.05) is 10.7 Å². The summed E-state index contributed by atoms with van der Waals surface area (Å²) in [5, 5.41) is 0. The minimum atomic E-state index is -0.622. The lowest BCUT2D eigenvalue weighted by Crippen LogP contribution is -2.36. The lowest BCUT2D eigenvalue weighted by atomic mass is 9.83. The monoisotopic (exact) mass is 385 g/mol. The van der Waals surface area contributed by atoms with Gasteiger partial charge in [0, 0.05) is 16.3 Å². The second-order valence-corrected chi connectivity index (χ2v) is 8.22. The highest BCUT2D eigenvalue weighted by molar-refractivity contribution is 7.99. The molecule has 1 heterocycles. The SMILES string of the molecule is CC1(/C=C/CSc2ccccc2)C(=O)N(Cc2ccccc2)c2ccccc21. The van der Waals surface area contributed by atoms with Crippen molar-refractivity contribution in [2.24, 2.45) is 0 Å². The van der Waals surface area contributed by atoms with Gasteiger partial charge in [-0.3, -0.25) is 4.79 Å². The number of anilines is 1. The number of hydrogen-bond acceptors (Lipinski definition) is 2. The molecule has 0 radical (unpaired) electrons. The maximum atomic E-state index is 13.4. The summed E-state index contributed by atoms with van der Waals surface area (Å²) in [5.41, 5.74) is 2.61. The molecule has 1 aliphatic rings. The molecule has 4 rings (SSSR count). The number of thioether (sulfide) groups is 1. The highest BCUT2D eigenvalue weighted by Gasteiger charge is 2.45. The lowest BCUT2D eigenvalue weighted by Gasteiger charge is -2.21. The summed E-state index contributed by atoms with van der Waals surface area (Å²) in [6.07, 6.45) is 4.20. The van der Waals surface area contributed by atoms with Crippen molar-refractivity contribution in [3.63, 3.8) is 0 Å². The third-order valence-corrected chi connectivity index (χ3v) is 6.13. The molecule has 140 valence electrons. The molecule has 1 atom stereocenters. The van der Waals surface area contributed by atoms with Crippen LogP contribution in [0.4, 0.5) is 5.69 Å². The van der Waals surface area contributed by atoms with Crippen molar-refractivity contribution >= 4 is 23.4 Å². The molecule has 1 amide bonds. The van der Waals surface area contributed by atoms with Crippen LogP contribution >= 0.6 is 11.8 Å². The zero-order valence-corrected chi connectivity index (χ0v) is 16.7. The Morgan fingerprint density at radius 2 is 1.54 bits per heavy atom. The van der Waals surface area contributed by atoms with Gasteiger partial charge in [-0.05, 0) is 36.2 Å². The molecule has 3 heteroatoms. The molecule has 3 aromatic rings. The maximum absolute atomic E-state index is 13.4. The molecule has 0 aliphatic carbocycles. The van der Waals surface area contributed by atoms with Crippen LogP contribution in [0.1, 0.15) is 18.1 Å². The Balaban J connectivity index is 1.56. The molecule has 2 nitrogen and oxygen atoms in total. The molecule has 0 bridgehead atoms. The first-order valence-electron chi connectivity index (χ1n) is 9.49. The first-order chi connectivity index (χ1) is 13.7. The van der Waals surface area contributed by atoms with Crippen molar-refractivity contribution in [1.82, 2.24) is 0 Å². The van der Waals surface area contributed by atoms with E-state index in [1.54, 1.807) is 11.8 Å². The summed E-state index contributed by atoms with van der Waals surface area (Å²) in [4.78, 5) is 16.6. The number of carbonyl (C=O) groups excluding carboxylic acids is 1. The van der Waals surface area contributed by atoms with Gasteiger partial charge >= 0.3 is 0 Å². The molecule has 0 saturated heterocycles. The van der Waals surface area contributed by atoms with Gasteiger partial charge in [-0.2, -0.15) is 0 Å². The van der Waals surface area contributed by atoms with E-state index < -0.39 is 5.41 Å². The number of carbonyl (C=O) groups is 1. The maximum Gasteiger partial charge on any atom is 0.241 e. The van der Waals surface area contributed by atoms with Gasteiger partial charge in [0.25, 0.3) is 0 Å². The van der Waals surface area contributed by atoms with E-state index in [4.69, 9.17) is 0 Å². The molecule has 28 heavy (non-hydrogen) atoms. The number of para-hydroxylation sites is 1. The Morgan fingerprint density at radius 3 is 2.29 bits per heavy atom. The van der Waals surface area contributed by atoms with E-state index in [-0.39, 0.29) is 5.91 Å². The van der Waals surface area contributed by atoms with Crippen molar-refractivity contribution in [1.29, 1.82) is 0 Å². The summed E-state index contributed by atoms with van der Waals surface area (Å²) < 4.78 is 0. The number of rotatable bonds is 6. The second kappa shape index (κ2) is 8.07. The van der Waals surface area contributed by atoms with Crippen LogP contribution in [0.15, 0.2) is 102 Å². The topological polar surface area (TPSA) is 20.3 Å². The molecule has 0 fully saturated rings. The Morgan fingerprint density at radius 1 is 0.893 bits per heavy atom. The van der Waals surface area contributed by atoms with E-state index in [2.05, 4.69) is 42.5 Å². The second-order valence-electron chi connectivity index (χ2n) is 7.12. The number of hydrogen-bond donors (Lipinski definition) is 0. The number of benzene rings is 3. The third kappa shape index (κ3) is 3.63. The Labute approximate surface area is 170 Å². The van der Waals surface area contributed by atoms with Gasteiger partial charge in [0.2, 0.25) is 5.91 Å². The summed E-state index contributed by atoms with van der Waals surface area (Å²) in [7, 11) is 0. The minimum Gasteiger partial charge on any atom is -0.307 e. The smallest absolute Gasteiger partial charge is 0.241 e. The van der Waals surface area contributed by atoms with Crippen LogP contribution in [0, 0.1) is 0 Å². The summed E-state index contributed by atoms with van der Waals surface area (Å²) >= 11 is 1.78. The molecular weight excluding hydrogens is 362 g/mol. The largest absolute Gasteiger partial charge is 0.307 e. The minimum absolute atomic E-state index is 0.138. The fourth-order valence-electron chi connectivity index (χ4n) is 3.68. The Kier molecular flexibility index (Phi) is 5.36. The summed E-state index contributed by atoms with van der Waals surface area (Å²) in [5.74, 6) is 0.979. The molecule has 1 aliphatic heterocycles. The van der Waals surface area contributed by atoms with E-state index in [1.165, 1.54) is 4.90 Å². The van der Waals surface area contributed by atoms with Gasteiger partial charge in [-0.1, -0.05) is 78.9 Å². The van der Waals surface area contributed by atoms with Crippen LogP contribution in [-0.2, 0) is 16.8 Å². The van der Waals surface area contributed by atoms with Crippen molar-refractivity contribution in [3.05, 3.63) is 108 Å². The van der Waals surface area contributed by atoms with Crippen LogP contribution in [-0.4, -0.2) is 11.7 Å². The van der Waals surface area contributed by atoms with Gasteiger partial charge < -0.3 is 4.90 Å². The van der Waals surface area contributed by atoms with Crippen molar-refractivity contribution < 1.29 is 4.79 Å². The number of fused-ring (bicyclic) bond motifs is 1. The molecule has 0 aromatic heterocycles. The first kappa shape index (κ1) is 18.6. The Hall–Kier alpha value is -2.78. The zero-order valence-electron chi connectivity index (χ0n) is 15.9.